The summed E-state index contributed by atoms with van der Waals surface area (Å²) in [6, 6.07) is 0. The van der Waals surface area contributed by atoms with Crippen LogP contribution in [-0.2, 0) is 22.3 Å². The van der Waals surface area contributed by atoms with Crippen molar-refractivity contribution in [2.75, 3.05) is 18.5 Å². The molecule has 0 unspecified atom stereocenters. The SMILES string of the molecule is CCCOC(=O)c1c(NC(=O)OCC)sc2c1CCCC2. The lowest BCUT2D eigenvalue weighted by Gasteiger charge is -2.12. The first-order chi connectivity index (χ1) is 10.2. The summed E-state index contributed by atoms with van der Waals surface area (Å²) in [6.45, 7) is 4.39. The molecule has 0 bridgehead atoms. The molecule has 6 heteroatoms. The lowest BCUT2D eigenvalue weighted by molar-refractivity contribution is 0.0505. The molecule has 21 heavy (non-hydrogen) atoms. The molecule has 1 amide bonds. The molecule has 0 aromatic carbocycles. The molecule has 1 aromatic rings. The van der Waals surface area contributed by atoms with Crippen molar-refractivity contribution in [3.63, 3.8) is 0 Å². The van der Waals surface area contributed by atoms with Crippen LogP contribution in [0.5, 0.6) is 0 Å². The number of esters is 1. The van der Waals surface area contributed by atoms with Gasteiger partial charge in [-0.3, -0.25) is 5.32 Å². The fourth-order valence-electron chi connectivity index (χ4n) is 2.40. The van der Waals surface area contributed by atoms with Gasteiger partial charge >= 0.3 is 12.1 Å². The first-order valence-corrected chi connectivity index (χ1v) is 8.24. The van der Waals surface area contributed by atoms with Crippen LogP contribution in [0, 0.1) is 0 Å². The van der Waals surface area contributed by atoms with E-state index in [0.29, 0.717) is 23.8 Å². The number of carbonyl (C=O) groups is 2. The molecule has 0 saturated heterocycles. The second-order valence-corrected chi connectivity index (χ2v) is 6.00. The fourth-order valence-corrected chi connectivity index (χ4v) is 3.66. The number of carbonyl (C=O) groups excluding carboxylic acids is 2. The minimum atomic E-state index is -0.527. The number of amides is 1. The maximum Gasteiger partial charge on any atom is 0.412 e. The van der Waals surface area contributed by atoms with Crippen LogP contribution in [-0.4, -0.2) is 25.3 Å². The Morgan fingerprint density at radius 2 is 1.95 bits per heavy atom. The van der Waals surface area contributed by atoms with Gasteiger partial charge in [0.25, 0.3) is 0 Å². The van der Waals surface area contributed by atoms with E-state index in [2.05, 4.69) is 5.32 Å². The van der Waals surface area contributed by atoms with Crippen molar-refractivity contribution in [1.29, 1.82) is 0 Å². The van der Waals surface area contributed by atoms with Gasteiger partial charge in [0.15, 0.2) is 0 Å². The lowest BCUT2D eigenvalue weighted by atomic mass is 9.95. The number of thiophene rings is 1. The molecule has 0 fully saturated rings. The predicted octanol–water partition coefficient (Wildman–Crippen LogP) is 3.76. The fraction of sp³-hybridized carbons (Fsp3) is 0.600. The monoisotopic (exact) mass is 311 g/mol. The molecule has 1 aliphatic rings. The Morgan fingerprint density at radius 1 is 1.19 bits per heavy atom. The summed E-state index contributed by atoms with van der Waals surface area (Å²) in [4.78, 5) is 25.1. The average molecular weight is 311 g/mol. The van der Waals surface area contributed by atoms with E-state index in [4.69, 9.17) is 9.47 Å². The zero-order valence-corrected chi connectivity index (χ0v) is 13.3. The largest absolute Gasteiger partial charge is 0.462 e. The van der Waals surface area contributed by atoms with Gasteiger partial charge in [-0.25, -0.2) is 9.59 Å². The molecule has 2 rings (SSSR count). The molecule has 1 aliphatic carbocycles. The Balaban J connectivity index is 2.27. The minimum absolute atomic E-state index is 0.298. The van der Waals surface area contributed by atoms with Gasteiger partial charge < -0.3 is 9.47 Å². The number of aryl methyl sites for hydroxylation is 1. The highest BCUT2D eigenvalue weighted by molar-refractivity contribution is 7.17. The van der Waals surface area contributed by atoms with Gasteiger partial charge in [0.2, 0.25) is 0 Å². The van der Waals surface area contributed by atoms with Gasteiger partial charge in [0, 0.05) is 4.88 Å². The Kier molecular flexibility index (Phi) is 5.61. The highest BCUT2D eigenvalue weighted by atomic mass is 32.1. The second kappa shape index (κ2) is 7.45. The Labute approximate surface area is 128 Å². The van der Waals surface area contributed by atoms with E-state index >= 15 is 0 Å². The van der Waals surface area contributed by atoms with Crippen LogP contribution in [0.1, 0.15) is 53.9 Å². The predicted molar refractivity (Wildman–Crippen MR) is 82.2 cm³/mol. The van der Waals surface area contributed by atoms with E-state index in [1.54, 1.807) is 6.92 Å². The Hall–Kier alpha value is -1.56. The van der Waals surface area contributed by atoms with Crippen molar-refractivity contribution in [3.05, 3.63) is 16.0 Å². The molecule has 0 saturated carbocycles. The number of ether oxygens (including phenoxy) is 2. The smallest absolute Gasteiger partial charge is 0.412 e. The van der Waals surface area contributed by atoms with Gasteiger partial charge in [0.05, 0.1) is 18.8 Å². The Morgan fingerprint density at radius 3 is 2.67 bits per heavy atom. The van der Waals surface area contributed by atoms with Crippen molar-refractivity contribution in [2.24, 2.45) is 0 Å². The number of hydrogen-bond acceptors (Lipinski definition) is 5. The standard InChI is InChI=1S/C15H21NO4S/c1-3-9-20-14(17)12-10-7-5-6-8-11(10)21-13(12)16-15(18)19-4-2/h3-9H2,1-2H3,(H,16,18). The van der Waals surface area contributed by atoms with Crippen LogP contribution in [0.4, 0.5) is 9.80 Å². The number of anilines is 1. The van der Waals surface area contributed by atoms with Crippen LogP contribution < -0.4 is 5.32 Å². The summed E-state index contributed by atoms with van der Waals surface area (Å²) in [6.07, 6.45) is 4.26. The summed E-state index contributed by atoms with van der Waals surface area (Å²) < 4.78 is 10.2. The molecule has 1 N–H and O–H groups in total. The maximum atomic E-state index is 12.3. The van der Waals surface area contributed by atoms with Gasteiger partial charge in [0.1, 0.15) is 5.00 Å². The molecule has 0 spiro atoms. The van der Waals surface area contributed by atoms with Gasteiger partial charge in [-0.1, -0.05) is 6.92 Å². The second-order valence-electron chi connectivity index (χ2n) is 4.90. The van der Waals surface area contributed by atoms with Gasteiger partial charge in [-0.15, -0.1) is 11.3 Å². The number of fused-ring (bicyclic) bond motifs is 1. The van der Waals surface area contributed by atoms with Crippen LogP contribution >= 0.6 is 11.3 Å². The van der Waals surface area contributed by atoms with Crippen LogP contribution in [0.2, 0.25) is 0 Å². The average Bonchev–Trinajstić information content (AvgIpc) is 2.82. The highest BCUT2D eigenvalue weighted by Crippen LogP contribution is 2.38. The topological polar surface area (TPSA) is 64.6 Å². The molecule has 0 atom stereocenters. The van der Waals surface area contributed by atoms with Crippen molar-refractivity contribution >= 4 is 28.4 Å². The summed E-state index contributed by atoms with van der Waals surface area (Å²) >= 11 is 1.47. The van der Waals surface area contributed by atoms with Crippen LogP contribution in [0.3, 0.4) is 0 Å². The summed E-state index contributed by atoms with van der Waals surface area (Å²) in [5.41, 5.74) is 1.57. The normalized spacial score (nSPS) is 13.4. The van der Waals surface area contributed by atoms with E-state index in [0.717, 1.165) is 37.7 Å². The summed E-state index contributed by atoms with van der Waals surface area (Å²) in [5, 5.41) is 3.24. The van der Waals surface area contributed by atoms with Crippen molar-refractivity contribution < 1.29 is 19.1 Å². The maximum absolute atomic E-state index is 12.3. The molecular weight excluding hydrogens is 290 g/mol. The van der Waals surface area contributed by atoms with Crippen LogP contribution in [0.25, 0.3) is 0 Å². The first-order valence-electron chi connectivity index (χ1n) is 7.42. The van der Waals surface area contributed by atoms with Crippen LogP contribution in [0.15, 0.2) is 0 Å². The molecule has 0 aliphatic heterocycles. The first kappa shape index (κ1) is 15.8. The van der Waals surface area contributed by atoms with Gasteiger partial charge in [-0.2, -0.15) is 0 Å². The molecule has 1 aromatic heterocycles. The molecular formula is C15H21NO4S. The van der Waals surface area contributed by atoms with Crippen molar-refractivity contribution in [1.82, 2.24) is 0 Å². The molecule has 5 nitrogen and oxygen atoms in total. The third-order valence-electron chi connectivity index (χ3n) is 3.30. The third-order valence-corrected chi connectivity index (χ3v) is 4.51. The summed E-state index contributed by atoms with van der Waals surface area (Å²) in [5.74, 6) is -0.344. The molecule has 116 valence electrons. The number of rotatable bonds is 5. The summed E-state index contributed by atoms with van der Waals surface area (Å²) in [7, 11) is 0. The Bertz CT molecular complexity index is 524. The van der Waals surface area contributed by atoms with E-state index in [1.165, 1.54) is 16.2 Å². The molecule has 0 radical (unpaired) electrons. The zero-order chi connectivity index (χ0) is 15.2. The minimum Gasteiger partial charge on any atom is -0.462 e. The van der Waals surface area contributed by atoms with Crippen molar-refractivity contribution in [3.8, 4) is 0 Å². The quantitative estimate of drug-likeness (QED) is 0.841. The lowest BCUT2D eigenvalue weighted by Crippen LogP contribution is -2.16. The van der Waals surface area contributed by atoms with Gasteiger partial charge in [-0.05, 0) is 44.6 Å². The molecule has 1 heterocycles. The third kappa shape index (κ3) is 3.75. The number of hydrogen-bond donors (Lipinski definition) is 1. The number of nitrogens with one attached hydrogen (secondary N) is 1. The van der Waals surface area contributed by atoms with Crippen molar-refractivity contribution in [2.45, 2.75) is 46.0 Å². The van der Waals surface area contributed by atoms with E-state index in [1.807, 2.05) is 6.92 Å². The zero-order valence-electron chi connectivity index (χ0n) is 12.5. The van der Waals surface area contributed by atoms with E-state index in [-0.39, 0.29) is 5.97 Å². The van der Waals surface area contributed by atoms with E-state index in [9.17, 15) is 9.59 Å². The van der Waals surface area contributed by atoms with E-state index < -0.39 is 6.09 Å². The highest BCUT2D eigenvalue weighted by Gasteiger charge is 2.27.